The van der Waals surface area contributed by atoms with Crippen molar-refractivity contribution in [2.75, 3.05) is 19.6 Å². The zero-order valence-corrected chi connectivity index (χ0v) is 18.7. The van der Waals surface area contributed by atoms with E-state index in [9.17, 15) is 9.59 Å². The second-order valence-electron chi connectivity index (χ2n) is 8.87. The summed E-state index contributed by atoms with van der Waals surface area (Å²) < 4.78 is 0. The maximum atomic E-state index is 13.5. The van der Waals surface area contributed by atoms with E-state index in [1.807, 2.05) is 60.4 Å². The van der Waals surface area contributed by atoms with Crippen molar-refractivity contribution in [3.05, 3.63) is 66.2 Å². The van der Waals surface area contributed by atoms with Crippen molar-refractivity contribution in [2.45, 2.75) is 32.2 Å². The van der Waals surface area contributed by atoms with Gasteiger partial charge in [0.05, 0.1) is 0 Å². The number of rotatable bonds is 5. The van der Waals surface area contributed by atoms with Gasteiger partial charge in [-0.15, -0.1) is 0 Å². The van der Waals surface area contributed by atoms with E-state index in [0.29, 0.717) is 19.6 Å². The van der Waals surface area contributed by atoms with Gasteiger partial charge in [-0.25, -0.2) is 0 Å². The van der Waals surface area contributed by atoms with Crippen LogP contribution in [0.2, 0.25) is 0 Å². The van der Waals surface area contributed by atoms with Crippen molar-refractivity contribution in [3.8, 4) is 11.1 Å². The van der Waals surface area contributed by atoms with E-state index in [1.54, 1.807) is 11.8 Å². The molecule has 2 heterocycles. The van der Waals surface area contributed by atoms with E-state index < -0.39 is 5.54 Å². The van der Waals surface area contributed by atoms with Crippen LogP contribution in [0, 0.1) is 11.3 Å². The normalized spacial score (nSPS) is 21.6. The Balaban J connectivity index is 1.53. The lowest BCUT2D eigenvalue weighted by molar-refractivity contribution is -0.133. The molecule has 2 aliphatic rings. The molecule has 6 nitrogen and oxygen atoms in total. The third-order valence-electron chi connectivity index (χ3n) is 6.71. The summed E-state index contributed by atoms with van der Waals surface area (Å²) in [5.74, 6) is 0.423. The van der Waals surface area contributed by atoms with Crippen LogP contribution in [0.5, 0.6) is 0 Å². The second-order valence-corrected chi connectivity index (χ2v) is 8.87. The molecule has 4 rings (SSSR count). The number of nitrogens with zero attached hydrogens (tertiary/aromatic N) is 2. The van der Waals surface area contributed by atoms with Gasteiger partial charge in [-0.1, -0.05) is 49.1 Å². The highest BCUT2D eigenvalue weighted by Crippen LogP contribution is 2.33. The topological polar surface area (TPSA) is 76.5 Å². The van der Waals surface area contributed by atoms with E-state index in [2.05, 4.69) is 18.0 Å². The van der Waals surface area contributed by atoms with Gasteiger partial charge >= 0.3 is 0 Å². The molecule has 0 radical (unpaired) electrons. The number of nitrogens with one attached hydrogen (secondary N) is 2. The lowest BCUT2D eigenvalue weighted by atomic mass is 9.89. The van der Waals surface area contributed by atoms with Gasteiger partial charge in [0.25, 0.3) is 5.91 Å². The van der Waals surface area contributed by atoms with Gasteiger partial charge in [-0.05, 0) is 60.1 Å². The summed E-state index contributed by atoms with van der Waals surface area (Å²) in [5, 5.41) is 11.6. The summed E-state index contributed by atoms with van der Waals surface area (Å²) in [5.41, 5.74) is 2.97. The van der Waals surface area contributed by atoms with E-state index in [0.717, 1.165) is 35.1 Å². The number of carbonyl (C=O) groups is 2. The number of hydrogen-bond donors (Lipinski definition) is 2. The highest BCUT2D eigenvalue weighted by atomic mass is 16.2. The number of benzene rings is 2. The number of carbonyl (C=O) groups excluding carboxylic acids is 2. The van der Waals surface area contributed by atoms with E-state index in [1.165, 1.54) is 0 Å². The standard InChI is InChI=1S/C26H30N4O2/c1-4-19-7-5-8-21(15-19)22-9-6-10-23(16-22)26(3)24(32)30(25(27)28-26)17-20-11-13-29(14-12-20)18(2)31/h4-10,15-16,20H,1,11-14,17H2,2-3H3,(H2,27,28). The van der Waals surface area contributed by atoms with Crippen molar-refractivity contribution in [3.63, 3.8) is 0 Å². The Labute approximate surface area is 189 Å². The van der Waals surface area contributed by atoms with Crippen molar-refractivity contribution >= 4 is 23.8 Å². The van der Waals surface area contributed by atoms with Crippen LogP contribution in [0.1, 0.15) is 37.8 Å². The Morgan fingerprint density at radius 1 is 1.19 bits per heavy atom. The third-order valence-corrected chi connectivity index (χ3v) is 6.71. The fourth-order valence-corrected chi connectivity index (χ4v) is 4.64. The Kier molecular flexibility index (Phi) is 5.87. The first-order valence-corrected chi connectivity index (χ1v) is 11.1. The van der Waals surface area contributed by atoms with E-state index >= 15 is 0 Å². The quantitative estimate of drug-likeness (QED) is 0.757. The summed E-state index contributed by atoms with van der Waals surface area (Å²) >= 11 is 0. The molecule has 2 aromatic carbocycles. The number of amides is 2. The molecule has 2 amide bonds. The van der Waals surface area contributed by atoms with Gasteiger partial charge in [-0.3, -0.25) is 19.9 Å². The second kappa shape index (κ2) is 8.61. The fraction of sp³-hybridized carbons (Fsp3) is 0.346. The van der Waals surface area contributed by atoms with Gasteiger partial charge in [0.1, 0.15) is 5.54 Å². The molecule has 2 aromatic rings. The van der Waals surface area contributed by atoms with Gasteiger partial charge in [0.15, 0.2) is 5.96 Å². The molecule has 0 saturated carbocycles. The van der Waals surface area contributed by atoms with E-state index in [-0.39, 0.29) is 23.7 Å². The minimum atomic E-state index is -0.983. The average Bonchev–Trinajstić information content (AvgIpc) is 3.03. The van der Waals surface area contributed by atoms with Crippen molar-refractivity contribution in [1.82, 2.24) is 15.1 Å². The third kappa shape index (κ3) is 4.05. The van der Waals surface area contributed by atoms with Gasteiger partial charge in [0, 0.05) is 26.6 Å². The number of hydrogen-bond acceptors (Lipinski definition) is 3. The summed E-state index contributed by atoms with van der Waals surface area (Å²) in [6.45, 7) is 9.22. The fourth-order valence-electron chi connectivity index (χ4n) is 4.64. The molecule has 0 aromatic heterocycles. The lowest BCUT2D eigenvalue weighted by Gasteiger charge is -2.33. The molecule has 2 fully saturated rings. The monoisotopic (exact) mass is 430 g/mol. The maximum absolute atomic E-state index is 13.5. The van der Waals surface area contributed by atoms with Crippen LogP contribution in [0.25, 0.3) is 17.2 Å². The first-order chi connectivity index (χ1) is 15.3. The summed E-state index contributed by atoms with van der Waals surface area (Å²) in [6.07, 6.45) is 3.52. The van der Waals surface area contributed by atoms with Crippen LogP contribution in [0.4, 0.5) is 0 Å². The molecule has 2 N–H and O–H groups in total. The zero-order chi connectivity index (χ0) is 22.9. The predicted octanol–water partition coefficient (Wildman–Crippen LogP) is 3.84. The van der Waals surface area contributed by atoms with Gasteiger partial charge < -0.3 is 10.2 Å². The highest BCUT2D eigenvalue weighted by Gasteiger charge is 2.47. The Morgan fingerprint density at radius 2 is 1.84 bits per heavy atom. The zero-order valence-electron chi connectivity index (χ0n) is 18.7. The molecular formula is C26H30N4O2. The molecule has 2 aliphatic heterocycles. The molecule has 1 atom stereocenters. The molecule has 0 aliphatic carbocycles. The molecule has 1 unspecified atom stereocenters. The maximum Gasteiger partial charge on any atom is 0.259 e. The molecule has 166 valence electrons. The smallest absolute Gasteiger partial charge is 0.259 e. The summed E-state index contributed by atoms with van der Waals surface area (Å²) in [6, 6.07) is 16.1. The van der Waals surface area contributed by atoms with Crippen molar-refractivity contribution in [1.29, 1.82) is 5.41 Å². The van der Waals surface area contributed by atoms with Crippen molar-refractivity contribution in [2.24, 2.45) is 5.92 Å². The lowest BCUT2D eigenvalue weighted by Crippen LogP contribution is -2.43. The van der Waals surface area contributed by atoms with Crippen LogP contribution in [0.15, 0.2) is 55.1 Å². The molecule has 32 heavy (non-hydrogen) atoms. The predicted molar refractivity (Wildman–Crippen MR) is 127 cm³/mol. The van der Waals surface area contributed by atoms with E-state index in [4.69, 9.17) is 5.41 Å². The summed E-state index contributed by atoms with van der Waals surface area (Å²) in [7, 11) is 0. The molecule has 6 heteroatoms. The molecule has 0 bridgehead atoms. The number of piperidine rings is 1. The molecule has 2 saturated heterocycles. The summed E-state index contributed by atoms with van der Waals surface area (Å²) in [4.78, 5) is 28.5. The number of likely N-dealkylation sites (tertiary alicyclic amines) is 1. The first-order valence-electron chi connectivity index (χ1n) is 11.1. The Morgan fingerprint density at radius 3 is 2.50 bits per heavy atom. The molecule has 0 spiro atoms. The van der Waals surface area contributed by atoms with Crippen LogP contribution < -0.4 is 5.32 Å². The SMILES string of the molecule is C=Cc1cccc(-c2cccc(C3(C)NC(=N)N(CC4CCN(C(C)=O)CC4)C3=O)c2)c1. The average molecular weight is 431 g/mol. The van der Waals surface area contributed by atoms with Crippen LogP contribution in [-0.4, -0.2) is 47.2 Å². The highest BCUT2D eigenvalue weighted by molar-refractivity contribution is 6.08. The Bertz CT molecular complexity index is 1070. The minimum absolute atomic E-state index is 0.0983. The largest absolute Gasteiger partial charge is 0.343 e. The Hall–Kier alpha value is -3.41. The van der Waals surface area contributed by atoms with Gasteiger partial charge in [0.2, 0.25) is 5.91 Å². The first kappa shape index (κ1) is 21.8. The number of guanidine groups is 1. The van der Waals surface area contributed by atoms with Crippen LogP contribution in [0.3, 0.4) is 0 Å². The van der Waals surface area contributed by atoms with Gasteiger partial charge in [-0.2, -0.15) is 0 Å². The minimum Gasteiger partial charge on any atom is -0.343 e. The van der Waals surface area contributed by atoms with Crippen LogP contribution in [-0.2, 0) is 15.1 Å². The van der Waals surface area contributed by atoms with Crippen LogP contribution >= 0.6 is 0 Å². The molecular weight excluding hydrogens is 400 g/mol. The van der Waals surface area contributed by atoms with Crippen molar-refractivity contribution < 1.29 is 9.59 Å².